The van der Waals surface area contributed by atoms with Crippen LogP contribution in [0.2, 0.25) is 0 Å². The Morgan fingerprint density at radius 1 is 1.55 bits per heavy atom. The van der Waals surface area contributed by atoms with E-state index in [1.54, 1.807) is 0 Å². The number of likely N-dealkylation sites (N-methyl/N-ethyl adjacent to an activating group) is 1. The second-order valence-electron chi connectivity index (χ2n) is 4.39. The van der Waals surface area contributed by atoms with Crippen molar-refractivity contribution in [2.24, 2.45) is 0 Å². The molecule has 1 N–H and O–H groups in total. The van der Waals surface area contributed by atoms with Gasteiger partial charge >= 0.3 is 5.97 Å². The highest BCUT2D eigenvalue weighted by Crippen LogP contribution is 2.25. The molecule has 0 heterocycles. The average Bonchev–Trinajstić information content (AvgIpc) is 2.48. The SMILES string of the molecule is C=[O+]C(=O)/C(=C/CC(C[N+](=O)[O-])c1cccc(F)c1F)NC. The Labute approximate surface area is 125 Å². The lowest BCUT2D eigenvalue weighted by Gasteiger charge is -2.12. The predicted octanol–water partition coefficient (Wildman–Crippen LogP) is 1.71. The zero-order chi connectivity index (χ0) is 16.7. The molecule has 6 nitrogen and oxygen atoms in total. The lowest BCUT2D eigenvalue weighted by molar-refractivity contribution is -0.483. The van der Waals surface area contributed by atoms with E-state index < -0.39 is 35.0 Å². The van der Waals surface area contributed by atoms with E-state index in [-0.39, 0.29) is 17.7 Å². The van der Waals surface area contributed by atoms with Crippen LogP contribution in [0.15, 0.2) is 30.0 Å². The van der Waals surface area contributed by atoms with Crippen LogP contribution in [0.5, 0.6) is 0 Å². The van der Waals surface area contributed by atoms with Gasteiger partial charge in [-0.05, 0) is 18.6 Å². The predicted molar refractivity (Wildman–Crippen MR) is 74.8 cm³/mol. The number of halogens is 2. The van der Waals surface area contributed by atoms with Crippen molar-refractivity contribution in [2.45, 2.75) is 12.3 Å². The van der Waals surface area contributed by atoms with Gasteiger partial charge in [0.1, 0.15) is 0 Å². The molecule has 1 rings (SSSR count). The van der Waals surface area contributed by atoms with Crippen molar-refractivity contribution in [3.05, 3.63) is 57.3 Å². The largest absolute Gasteiger partial charge is 0.628 e. The number of allylic oxidation sites excluding steroid dienone is 1. The fraction of sp³-hybridized carbons (Fsp3) is 0.286. The number of carbonyl (C=O) groups is 1. The highest BCUT2D eigenvalue weighted by molar-refractivity contribution is 5.85. The zero-order valence-electron chi connectivity index (χ0n) is 11.8. The summed E-state index contributed by atoms with van der Waals surface area (Å²) in [5.74, 6) is -3.90. The van der Waals surface area contributed by atoms with Crippen molar-refractivity contribution in [1.29, 1.82) is 0 Å². The van der Waals surface area contributed by atoms with Crippen molar-refractivity contribution in [3.63, 3.8) is 0 Å². The van der Waals surface area contributed by atoms with Gasteiger partial charge in [0, 0.05) is 17.5 Å². The molecule has 0 fully saturated rings. The minimum atomic E-state index is -1.13. The van der Waals surface area contributed by atoms with Crippen LogP contribution >= 0.6 is 0 Å². The van der Waals surface area contributed by atoms with Crippen LogP contribution in [0, 0.1) is 21.7 Å². The van der Waals surface area contributed by atoms with Gasteiger partial charge in [-0.1, -0.05) is 12.1 Å². The molecule has 118 valence electrons. The first kappa shape index (κ1) is 17.4. The average molecular weight is 313 g/mol. The summed E-state index contributed by atoms with van der Waals surface area (Å²) in [4.78, 5) is 21.5. The summed E-state index contributed by atoms with van der Waals surface area (Å²) in [6.07, 6.45) is 1.28. The van der Waals surface area contributed by atoms with Crippen LogP contribution in [-0.4, -0.2) is 31.3 Å². The van der Waals surface area contributed by atoms with Gasteiger partial charge in [-0.15, -0.1) is 0 Å². The highest BCUT2D eigenvalue weighted by atomic mass is 19.2. The molecule has 0 aliphatic rings. The molecule has 0 amide bonds. The molecule has 0 spiro atoms. The zero-order valence-corrected chi connectivity index (χ0v) is 11.8. The first-order valence-corrected chi connectivity index (χ1v) is 6.30. The van der Waals surface area contributed by atoms with Crippen LogP contribution < -0.4 is 5.32 Å². The fourth-order valence-corrected chi connectivity index (χ4v) is 1.94. The number of nitro groups is 1. The summed E-state index contributed by atoms with van der Waals surface area (Å²) in [6, 6.07) is 3.48. The van der Waals surface area contributed by atoms with Crippen molar-refractivity contribution in [1.82, 2.24) is 5.32 Å². The Morgan fingerprint density at radius 2 is 2.23 bits per heavy atom. The molecule has 0 saturated heterocycles. The normalized spacial score (nSPS) is 12.6. The van der Waals surface area contributed by atoms with Gasteiger partial charge in [0.15, 0.2) is 24.1 Å². The molecule has 0 radical (unpaired) electrons. The third-order valence-electron chi connectivity index (χ3n) is 3.02. The molecular formula is C14H15F2N2O4+. The lowest BCUT2D eigenvalue weighted by Crippen LogP contribution is -2.18. The molecule has 1 unspecified atom stereocenters. The summed E-state index contributed by atoms with van der Waals surface area (Å²) < 4.78 is 31.3. The van der Waals surface area contributed by atoms with Gasteiger partial charge in [-0.3, -0.25) is 14.5 Å². The van der Waals surface area contributed by atoms with E-state index >= 15 is 0 Å². The Hall–Kier alpha value is -2.64. The number of hydrogen-bond donors (Lipinski definition) is 1. The maximum absolute atomic E-state index is 13.8. The number of rotatable bonds is 7. The minimum absolute atomic E-state index is 0.0279. The van der Waals surface area contributed by atoms with Crippen molar-refractivity contribution in [2.75, 3.05) is 13.6 Å². The van der Waals surface area contributed by atoms with Gasteiger partial charge in [-0.25, -0.2) is 8.78 Å². The van der Waals surface area contributed by atoms with Crippen LogP contribution in [0.25, 0.3) is 0 Å². The molecule has 1 atom stereocenters. The first-order chi connectivity index (χ1) is 10.4. The lowest BCUT2D eigenvalue weighted by atomic mass is 9.94. The van der Waals surface area contributed by atoms with Crippen LogP contribution in [0.1, 0.15) is 17.9 Å². The Kier molecular flexibility index (Phi) is 6.30. The van der Waals surface area contributed by atoms with Gasteiger partial charge in [0.2, 0.25) is 6.54 Å². The van der Waals surface area contributed by atoms with Crippen LogP contribution in [0.4, 0.5) is 8.78 Å². The van der Waals surface area contributed by atoms with Gasteiger partial charge in [0.05, 0.1) is 10.7 Å². The van der Waals surface area contributed by atoms with Crippen molar-refractivity contribution < 1.29 is 22.9 Å². The molecular weight excluding hydrogens is 298 g/mol. The number of nitrogens with zero attached hydrogens (tertiary/aromatic N) is 1. The fourth-order valence-electron chi connectivity index (χ4n) is 1.94. The second-order valence-corrected chi connectivity index (χ2v) is 4.39. The number of benzene rings is 1. The molecule has 8 heteroatoms. The van der Waals surface area contributed by atoms with Crippen molar-refractivity contribution in [3.8, 4) is 0 Å². The van der Waals surface area contributed by atoms with E-state index in [2.05, 4.69) is 16.5 Å². The van der Waals surface area contributed by atoms with Crippen LogP contribution in [0.3, 0.4) is 0 Å². The Bertz CT molecular complexity index is 617. The van der Waals surface area contributed by atoms with E-state index in [4.69, 9.17) is 0 Å². The van der Waals surface area contributed by atoms with E-state index in [0.717, 1.165) is 6.07 Å². The first-order valence-electron chi connectivity index (χ1n) is 6.30. The topological polar surface area (TPSA) is 83.5 Å². The van der Waals surface area contributed by atoms with E-state index in [1.165, 1.54) is 25.3 Å². The van der Waals surface area contributed by atoms with E-state index in [0.29, 0.717) is 0 Å². The Morgan fingerprint density at radius 3 is 2.77 bits per heavy atom. The maximum Gasteiger partial charge on any atom is 0.628 e. The summed E-state index contributed by atoms with van der Waals surface area (Å²) >= 11 is 0. The number of nitrogens with one attached hydrogen (secondary N) is 1. The smallest absolute Gasteiger partial charge is 0.377 e. The summed E-state index contributed by atoms with van der Waals surface area (Å²) in [7, 11) is 1.45. The van der Waals surface area contributed by atoms with E-state index in [1.807, 2.05) is 0 Å². The summed E-state index contributed by atoms with van der Waals surface area (Å²) in [5, 5.41) is 13.3. The quantitative estimate of drug-likeness (QED) is 0.359. The van der Waals surface area contributed by atoms with Gasteiger partial charge < -0.3 is 5.32 Å². The van der Waals surface area contributed by atoms with Crippen molar-refractivity contribution >= 4 is 12.8 Å². The third-order valence-corrected chi connectivity index (χ3v) is 3.02. The van der Waals surface area contributed by atoms with Crippen LogP contribution in [-0.2, 0) is 9.22 Å². The third kappa shape index (κ3) is 4.44. The molecule has 1 aromatic carbocycles. The summed E-state index contributed by atoms with van der Waals surface area (Å²) in [5.41, 5.74) is -0.0912. The molecule has 1 aromatic rings. The molecule has 0 aliphatic heterocycles. The molecule has 22 heavy (non-hydrogen) atoms. The maximum atomic E-state index is 13.8. The number of hydrogen-bond acceptors (Lipinski definition) is 4. The number of carbonyl (C=O) groups excluding carboxylic acids is 2. The van der Waals surface area contributed by atoms with Gasteiger partial charge in [0.25, 0.3) is 0 Å². The summed E-state index contributed by atoms with van der Waals surface area (Å²) in [6.45, 7) is 2.36. The molecule has 0 aliphatic carbocycles. The highest BCUT2D eigenvalue weighted by Gasteiger charge is 2.25. The molecule has 0 bridgehead atoms. The Balaban J connectivity index is 3.11. The standard InChI is InChI=1S/C14H15F2N2O4/c1-17-12(14(19)22-2)7-6-9(8-18(20)21)10-4-3-5-11(15)13(10)16/h3-5,7,9,17H,2,6,8H2,1H3/q+1/b12-7-. The molecule has 0 aromatic heterocycles. The van der Waals surface area contributed by atoms with Gasteiger partial charge in [-0.2, -0.15) is 0 Å². The monoisotopic (exact) mass is 313 g/mol. The molecule has 0 saturated carbocycles. The second kappa shape index (κ2) is 7.96. The minimum Gasteiger partial charge on any atom is -0.377 e. The van der Waals surface area contributed by atoms with E-state index in [9.17, 15) is 23.7 Å².